The number of carbonyl (C=O) groups is 6. The average molecular weight is 645 g/mol. The number of amides is 3. The van der Waals surface area contributed by atoms with Crippen molar-refractivity contribution in [2.75, 3.05) is 5.75 Å². The molecule has 7 atom stereocenters. The van der Waals surface area contributed by atoms with Crippen LogP contribution in [0.3, 0.4) is 0 Å². The van der Waals surface area contributed by atoms with Crippen LogP contribution in [0, 0.1) is 0 Å². The number of thioether (sulfide) groups is 3. The first-order chi connectivity index (χ1) is 20.0. The lowest BCUT2D eigenvalue weighted by molar-refractivity contribution is -0.138. The van der Waals surface area contributed by atoms with Gasteiger partial charge < -0.3 is 41.9 Å². The van der Waals surface area contributed by atoms with Gasteiger partial charge in [-0.3, -0.25) is 34.1 Å². The summed E-state index contributed by atoms with van der Waals surface area (Å²) in [5, 5.41) is 47.2. The molecule has 0 aromatic carbocycles. The summed E-state index contributed by atoms with van der Waals surface area (Å²) in [6, 6.07) is -2.68. The Kier molecular flexibility index (Phi) is 10.9. The van der Waals surface area contributed by atoms with Crippen LogP contribution in [-0.2, 0) is 28.8 Å². The van der Waals surface area contributed by atoms with Gasteiger partial charge in [0.2, 0.25) is 5.91 Å². The molecule has 4 rings (SSSR count). The third-order valence-electron chi connectivity index (χ3n) is 6.94. The molecular formula is C24H32N6O9S3. The highest BCUT2D eigenvalue weighted by molar-refractivity contribution is 8.03. The van der Waals surface area contributed by atoms with E-state index in [1.54, 1.807) is 10.8 Å². The van der Waals surface area contributed by atoms with E-state index in [4.69, 9.17) is 0 Å². The summed E-state index contributed by atoms with van der Waals surface area (Å²) < 4.78 is 0. The molecule has 0 saturated carbocycles. The molecular weight excluding hydrogens is 612 g/mol. The average Bonchev–Trinajstić information content (AvgIpc) is 3.71. The minimum absolute atomic E-state index is 0.0703. The molecule has 9 N–H and O–H groups in total. The second-order valence-electron chi connectivity index (χ2n) is 10.0. The highest BCUT2D eigenvalue weighted by Gasteiger charge is 2.39. The smallest absolute Gasteiger partial charge is 0.303 e. The molecule has 4 heterocycles. The summed E-state index contributed by atoms with van der Waals surface area (Å²) in [5.74, 6) is -4.21. The number of fused-ring (bicyclic) bond motifs is 6. The van der Waals surface area contributed by atoms with Crippen molar-refractivity contribution in [2.45, 2.75) is 78.8 Å². The minimum atomic E-state index is -1.05. The highest BCUT2D eigenvalue weighted by atomic mass is 32.2. The highest BCUT2D eigenvalue weighted by Crippen LogP contribution is 2.30. The predicted molar refractivity (Wildman–Crippen MR) is 155 cm³/mol. The Labute approximate surface area is 253 Å². The molecule has 3 amide bonds. The predicted octanol–water partition coefficient (Wildman–Crippen LogP) is -0.912. The van der Waals surface area contributed by atoms with E-state index in [0.717, 1.165) is 0 Å². The van der Waals surface area contributed by atoms with Crippen molar-refractivity contribution in [1.29, 1.82) is 0 Å². The van der Waals surface area contributed by atoms with Crippen LogP contribution in [-0.4, -0.2) is 97.0 Å². The van der Waals surface area contributed by atoms with Gasteiger partial charge in [0.1, 0.15) is 11.4 Å². The van der Waals surface area contributed by atoms with E-state index in [1.165, 1.54) is 35.3 Å². The van der Waals surface area contributed by atoms with Gasteiger partial charge in [0.15, 0.2) is 0 Å². The van der Waals surface area contributed by atoms with Gasteiger partial charge in [-0.1, -0.05) is 0 Å². The van der Waals surface area contributed by atoms with E-state index >= 15 is 0 Å². The molecule has 0 radical (unpaired) electrons. The van der Waals surface area contributed by atoms with Crippen molar-refractivity contribution in [3.05, 3.63) is 22.2 Å². The van der Waals surface area contributed by atoms with E-state index in [9.17, 15) is 44.1 Å². The zero-order valence-corrected chi connectivity index (χ0v) is 24.6. The first-order valence-corrected chi connectivity index (χ1v) is 16.1. The number of carbonyl (C=O) groups excluding carboxylic acids is 3. The Hall–Kier alpha value is -3.09. The van der Waals surface area contributed by atoms with Crippen LogP contribution in [0.25, 0.3) is 0 Å². The lowest BCUT2D eigenvalue weighted by Gasteiger charge is -2.29. The summed E-state index contributed by atoms with van der Waals surface area (Å²) >= 11 is 3.80. The number of hydrogen-bond donors (Lipinski definition) is 9. The maximum Gasteiger partial charge on any atom is 0.303 e. The van der Waals surface area contributed by atoms with E-state index in [2.05, 4.69) is 31.9 Å². The van der Waals surface area contributed by atoms with E-state index in [0.29, 0.717) is 5.75 Å². The lowest BCUT2D eigenvalue weighted by Crippen LogP contribution is -2.56. The molecule has 4 aliphatic rings. The molecule has 2 saturated heterocycles. The van der Waals surface area contributed by atoms with Crippen molar-refractivity contribution in [3.8, 4) is 0 Å². The summed E-state index contributed by atoms with van der Waals surface area (Å²) in [6.07, 6.45) is -0.415. The fourth-order valence-electron chi connectivity index (χ4n) is 4.74. The van der Waals surface area contributed by atoms with Crippen LogP contribution in [0.4, 0.5) is 0 Å². The lowest BCUT2D eigenvalue weighted by atomic mass is 10.1. The van der Waals surface area contributed by atoms with Crippen molar-refractivity contribution >= 4 is 70.9 Å². The Morgan fingerprint density at radius 2 is 1.10 bits per heavy atom. The first kappa shape index (κ1) is 31.8. The molecule has 4 aliphatic heterocycles. The van der Waals surface area contributed by atoms with Crippen LogP contribution in [0.1, 0.15) is 38.5 Å². The van der Waals surface area contributed by atoms with Gasteiger partial charge in [0.25, 0.3) is 11.8 Å². The van der Waals surface area contributed by atoms with Crippen molar-refractivity contribution in [3.63, 3.8) is 0 Å². The van der Waals surface area contributed by atoms with Crippen LogP contribution in [0.5, 0.6) is 0 Å². The topological polar surface area (TPSA) is 235 Å². The Morgan fingerprint density at radius 1 is 0.667 bits per heavy atom. The van der Waals surface area contributed by atoms with Crippen LogP contribution in [0.15, 0.2) is 22.2 Å². The van der Waals surface area contributed by atoms with Crippen LogP contribution in [0.2, 0.25) is 0 Å². The van der Waals surface area contributed by atoms with Gasteiger partial charge in [-0.15, -0.1) is 35.3 Å². The number of rotatable bonds is 9. The number of carboxylic acid groups (broad SMARTS) is 3. The molecule has 230 valence electrons. The fraction of sp³-hybridized carbons (Fsp3) is 0.583. The first-order valence-electron chi connectivity index (χ1n) is 13.2. The van der Waals surface area contributed by atoms with Crippen LogP contribution >= 0.6 is 35.3 Å². The van der Waals surface area contributed by atoms with E-state index < -0.39 is 75.9 Å². The third-order valence-corrected chi connectivity index (χ3v) is 10.5. The molecule has 0 aromatic heterocycles. The Balaban J connectivity index is 1.59. The van der Waals surface area contributed by atoms with E-state index in [1.807, 2.05) is 0 Å². The van der Waals surface area contributed by atoms with Crippen LogP contribution < -0.4 is 31.9 Å². The summed E-state index contributed by atoms with van der Waals surface area (Å²) in [6.45, 7) is 0. The minimum Gasteiger partial charge on any atom is -0.481 e. The zero-order valence-electron chi connectivity index (χ0n) is 22.2. The molecule has 18 heteroatoms. The standard InChI is InChI=1S/C24H32N6O9S3/c31-16(32)4-1-10-22-28-14(7-40-22)20(38)26-12(3-6-18(35)36)24-30-15(9-42-24)21(39)27-11(2-5-17(33)34)23-29-13(8-41-23)19(37)25-10/h7-8,10-12,15,22-24,28-30H,1-6,9H2,(H,25,37)(H,26,38)(H,27,39)(H,31,32)(H,33,34)(H,35,36)/t10-,11-,12-,15?,22?,23?,24?/m0/s1. The maximum absolute atomic E-state index is 13.3. The number of carboxylic acids is 3. The van der Waals surface area contributed by atoms with Gasteiger partial charge in [-0.2, -0.15) is 0 Å². The normalized spacial score (nSPS) is 31.2. The van der Waals surface area contributed by atoms with Gasteiger partial charge in [-0.05, 0) is 19.3 Å². The van der Waals surface area contributed by atoms with Crippen molar-refractivity contribution < 1.29 is 44.1 Å². The quantitative estimate of drug-likeness (QED) is 0.148. The largest absolute Gasteiger partial charge is 0.481 e. The Bertz CT molecular complexity index is 1170. The summed E-state index contributed by atoms with van der Waals surface area (Å²) in [4.78, 5) is 73.6. The molecule has 15 nitrogen and oxygen atoms in total. The van der Waals surface area contributed by atoms with Gasteiger partial charge in [0, 0.05) is 35.8 Å². The second-order valence-corrected chi connectivity index (χ2v) is 13.2. The SMILES string of the molecule is O=C(O)CC[C@@H]1NC(=O)C2=CSC(N2)[C@H](CCC(=O)O)NC(=O)C2CSC(N2)[C@H](CCC(=O)O)NC(=O)C2=CSC1N2. The van der Waals surface area contributed by atoms with Gasteiger partial charge >= 0.3 is 17.9 Å². The number of hydrogen-bond acceptors (Lipinski definition) is 12. The zero-order chi connectivity index (χ0) is 30.4. The maximum atomic E-state index is 13.3. The third kappa shape index (κ3) is 8.48. The molecule has 2 fully saturated rings. The molecule has 0 aliphatic carbocycles. The summed E-state index contributed by atoms with van der Waals surface area (Å²) in [5.41, 5.74) is 0.374. The molecule has 0 spiro atoms. The van der Waals surface area contributed by atoms with Gasteiger partial charge in [0.05, 0.1) is 40.3 Å². The van der Waals surface area contributed by atoms with Crippen molar-refractivity contribution in [1.82, 2.24) is 31.9 Å². The molecule has 4 unspecified atom stereocenters. The van der Waals surface area contributed by atoms with E-state index in [-0.39, 0.29) is 49.9 Å². The monoisotopic (exact) mass is 644 g/mol. The molecule has 0 aromatic rings. The molecule has 6 bridgehead atoms. The second kappa shape index (κ2) is 14.4. The summed E-state index contributed by atoms with van der Waals surface area (Å²) in [7, 11) is 0. The molecule has 42 heavy (non-hydrogen) atoms. The number of nitrogens with one attached hydrogen (secondary N) is 6. The van der Waals surface area contributed by atoms with Gasteiger partial charge in [-0.25, -0.2) is 0 Å². The Morgan fingerprint density at radius 3 is 1.55 bits per heavy atom. The van der Waals surface area contributed by atoms with Crippen molar-refractivity contribution in [2.24, 2.45) is 0 Å². The number of aliphatic carboxylic acids is 3. The fourth-order valence-corrected chi connectivity index (χ4v) is 8.18.